The summed E-state index contributed by atoms with van der Waals surface area (Å²) in [4.78, 5) is 17.2. The zero-order chi connectivity index (χ0) is 11.8. The lowest BCUT2D eigenvalue weighted by molar-refractivity contribution is -0.114. The van der Waals surface area contributed by atoms with Gasteiger partial charge in [0.15, 0.2) is 5.13 Å². The third-order valence-corrected chi connectivity index (χ3v) is 3.29. The average Bonchev–Trinajstić information content (AvgIpc) is 2.97. The van der Waals surface area contributed by atoms with Crippen molar-refractivity contribution in [2.75, 3.05) is 11.4 Å². The first kappa shape index (κ1) is 10.0. The van der Waals surface area contributed by atoms with Crippen LogP contribution in [0.5, 0.6) is 0 Å². The Morgan fingerprint density at radius 1 is 1.53 bits per heavy atom. The number of rotatable bonds is 2. The van der Waals surface area contributed by atoms with Crippen LogP contribution in [0.25, 0.3) is 0 Å². The number of hydrogen-bond acceptors (Lipinski definition) is 6. The van der Waals surface area contributed by atoms with Crippen molar-refractivity contribution in [1.82, 2.24) is 9.99 Å². The van der Waals surface area contributed by atoms with E-state index in [0.29, 0.717) is 12.1 Å². The maximum Gasteiger partial charge on any atom is 0.250 e. The molecule has 0 saturated carbocycles. The van der Waals surface area contributed by atoms with Crippen molar-refractivity contribution in [3.63, 3.8) is 0 Å². The largest absolute Gasteiger partial charge is 0.366 e. The molecule has 0 atom stereocenters. The predicted octanol–water partition coefficient (Wildman–Crippen LogP) is 0.475. The number of fused-ring (bicyclic) bond motifs is 1. The van der Waals surface area contributed by atoms with Gasteiger partial charge in [0.25, 0.3) is 5.91 Å². The van der Waals surface area contributed by atoms with E-state index in [1.807, 2.05) is 11.6 Å². The lowest BCUT2D eigenvalue weighted by Gasteiger charge is -2.23. The van der Waals surface area contributed by atoms with Gasteiger partial charge in [-0.15, -0.1) is 11.3 Å². The molecule has 2 aliphatic rings. The van der Waals surface area contributed by atoms with E-state index in [1.165, 1.54) is 11.3 Å². The van der Waals surface area contributed by atoms with Gasteiger partial charge in [-0.05, 0) is 6.08 Å². The third-order valence-electron chi connectivity index (χ3n) is 2.50. The molecular weight excluding hydrogens is 238 g/mol. The van der Waals surface area contributed by atoms with Gasteiger partial charge in [0.05, 0.1) is 17.8 Å². The molecule has 0 bridgehead atoms. The van der Waals surface area contributed by atoms with Gasteiger partial charge in [-0.2, -0.15) is 5.10 Å². The number of hydrazone groups is 1. The lowest BCUT2D eigenvalue weighted by atomic mass is 10.2. The molecule has 7 heteroatoms. The summed E-state index contributed by atoms with van der Waals surface area (Å²) in [6, 6.07) is 0. The van der Waals surface area contributed by atoms with Crippen LogP contribution in [0.3, 0.4) is 0 Å². The van der Waals surface area contributed by atoms with E-state index in [9.17, 15) is 4.79 Å². The maximum absolute atomic E-state index is 11.3. The van der Waals surface area contributed by atoms with E-state index in [0.717, 1.165) is 10.8 Å². The number of carbonyl (C=O) groups is 1. The summed E-state index contributed by atoms with van der Waals surface area (Å²) >= 11 is 1.50. The zero-order valence-corrected chi connectivity index (χ0v) is 9.59. The molecule has 1 amide bonds. The molecule has 0 aliphatic carbocycles. The van der Waals surface area contributed by atoms with E-state index >= 15 is 0 Å². The molecule has 0 radical (unpaired) electrons. The first-order valence-corrected chi connectivity index (χ1v) is 5.85. The number of aromatic nitrogens is 1. The van der Waals surface area contributed by atoms with E-state index in [2.05, 4.69) is 10.1 Å². The molecule has 0 aromatic carbocycles. The Balaban J connectivity index is 1.96. The van der Waals surface area contributed by atoms with Gasteiger partial charge in [0.1, 0.15) is 6.34 Å². The SMILES string of the molecule is NC(=O)C1=CCN2N=CN(c3nccs3)C=C12. The Bertz CT molecular complexity index is 545. The molecule has 2 N–H and O–H groups in total. The second-order valence-electron chi connectivity index (χ2n) is 3.53. The Labute approximate surface area is 101 Å². The van der Waals surface area contributed by atoms with Crippen LogP contribution in [0.2, 0.25) is 0 Å². The minimum absolute atomic E-state index is 0.435. The van der Waals surface area contributed by atoms with Crippen LogP contribution < -0.4 is 10.6 Å². The summed E-state index contributed by atoms with van der Waals surface area (Å²) < 4.78 is 0. The van der Waals surface area contributed by atoms with Crippen molar-refractivity contribution >= 4 is 28.7 Å². The second-order valence-corrected chi connectivity index (χ2v) is 4.40. The van der Waals surface area contributed by atoms with Crippen LogP contribution in [-0.2, 0) is 4.79 Å². The molecule has 3 heterocycles. The highest BCUT2D eigenvalue weighted by Gasteiger charge is 2.27. The smallest absolute Gasteiger partial charge is 0.250 e. The van der Waals surface area contributed by atoms with Crippen LogP contribution in [-0.4, -0.2) is 28.8 Å². The normalized spacial score (nSPS) is 17.9. The molecule has 0 fully saturated rings. The molecule has 1 aromatic heterocycles. The number of amides is 1. The van der Waals surface area contributed by atoms with Gasteiger partial charge in [0, 0.05) is 17.8 Å². The quantitative estimate of drug-likeness (QED) is 0.824. The van der Waals surface area contributed by atoms with Gasteiger partial charge in [-0.3, -0.25) is 14.7 Å². The molecule has 86 valence electrons. The summed E-state index contributed by atoms with van der Waals surface area (Å²) in [6.45, 7) is 0.576. The Kier molecular flexibility index (Phi) is 2.19. The maximum atomic E-state index is 11.3. The van der Waals surface area contributed by atoms with Crippen molar-refractivity contribution < 1.29 is 4.79 Å². The highest BCUT2D eigenvalue weighted by Crippen LogP contribution is 2.28. The number of nitrogens with two attached hydrogens (primary N) is 1. The molecule has 3 rings (SSSR count). The van der Waals surface area contributed by atoms with Crippen molar-refractivity contribution in [2.24, 2.45) is 10.8 Å². The number of primary amides is 1. The lowest BCUT2D eigenvalue weighted by Crippen LogP contribution is -2.28. The Morgan fingerprint density at radius 3 is 3.12 bits per heavy atom. The first-order valence-electron chi connectivity index (χ1n) is 4.97. The van der Waals surface area contributed by atoms with Gasteiger partial charge in [-0.1, -0.05) is 0 Å². The molecule has 1 aromatic rings. The highest BCUT2D eigenvalue weighted by molar-refractivity contribution is 7.13. The molecule has 0 unspecified atom stereocenters. The second kappa shape index (κ2) is 3.70. The molecule has 0 saturated heterocycles. The van der Waals surface area contributed by atoms with Crippen LogP contribution in [0.4, 0.5) is 5.13 Å². The number of nitrogens with zero attached hydrogens (tertiary/aromatic N) is 4. The number of thiazole rings is 1. The van der Waals surface area contributed by atoms with Crippen molar-refractivity contribution in [2.45, 2.75) is 0 Å². The third kappa shape index (κ3) is 1.60. The Morgan fingerprint density at radius 2 is 2.41 bits per heavy atom. The van der Waals surface area contributed by atoms with E-state index < -0.39 is 5.91 Å². The fraction of sp³-hybridized carbons (Fsp3) is 0.100. The zero-order valence-electron chi connectivity index (χ0n) is 8.78. The fourth-order valence-corrected chi connectivity index (χ4v) is 2.31. The molecule has 17 heavy (non-hydrogen) atoms. The van der Waals surface area contributed by atoms with Crippen LogP contribution in [0, 0.1) is 0 Å². The van der Waals surface area contributed by atoms with Crippen molar-refractivity contribution in [3.05, 3.63) is 35.1 Å². The summed E-state index contributed by atoms with van der Waals surface area (Å²) in [6.07, 6.45) is 6.98. The highest BCUT2D eigenvalue weighted by atomic mass is 32.1. The van der Waals surface area contributed by atoms with Gasteiger partial charge >= 0.3 is 0 Å². The fourth-order valence-electron chi connectivity index (χ4n) is 1.72. The van der Waals surface area contributed by atoms with Crippen LogP contribution in [0.15, 0.2) is 40.2 Å². The van der Waals surface area contributed by atoms with Gasteiger partial charge in [-0.25, -0.2) is 4.98 Å². The van der Waals surface area contributed by atoms with Crippen LogP contribution >= 0.6 is 11.3 Å². The first-order chi connectivity index (χ1) is 8.25. The molecule has 6 nitrogen and oxygen atoms in total. The number of anilines is 1. The topological polar surface area (TPSA) is 74.8 Å². The summed E-state index contributed by atoms with van der Waals surface area (Å²) in [7, 11) is 0. The number of carbonyl (C=O) groups excluding carboxylic acids is 1. The van der Waals surface area contributed by atoms with Gasteiger partial charge in [0.2, 0.25) is 0 Å². The molecular formula is C10H9N5OS. The number of hydrogen-bond donors (Lipinski definition) is 1. The van der Waals surface area contributed by atoms with Crippen molar-refractivity contribution in [1.29, 1.82) is 0 Å². The van der Waals surface area contributed by atoms with E-state index in [-0.39, 0.29) is 0 Å². The molecule has 0 spiro atoms. The van der Waals surface area contributed by atoms with E-state index in [4.69, 9.17) is 5.73 Å². The predicted molar refractivity (Wildman–Crippen MR) is 65.2 cm³/mol. The summed E-state index contributed by atoms with van der Waals surface area (Å²) in [5.74, 6) is -0.435. The van der Waals surface area contributed by atoms with Crippen molar-refractivity contribution in [3.8, 4) is 0 Å². The van der Waals surface area contributed by atoms with Gasteiger partial charge < -0.3 is 5.73 Å². The van der Waals surface area contributed by atoms with Crippen LogP contribution in [0.1, 0.15) is 0 Å². The minimum atomic E-state index is -0.435. The average molecular weight is 247 g/mol. The minimum Gasteiger partial charge on any atom is -0.366 e. The summed E-state index contributed by atoms with van der Waals surface area (Å²) in [5, 5.41) is 8.65. The van der Waals surface area contributed by atoms with E-state index in [1.54, 1.807) is 28.5 Å². The Hall–Kier alpha value is -2.15. The standard InChI is InChI=1S/C10H9N5OS/c11-9(16)7-1-3-15-8(7)5-14(6-13-15)10-12-2-4-17-10/h1-2,4-6H,3H2,(H2,11,16). The summed E-state index contributed by atoms with van der Waals surface area (Å²) in [5.41, 5.74) is 6.53. The molecule has 2 aliphatic heterocycles. The monoisotopic (exact) mass is 247 g/mol.